The Bertz CT molecular complexity index is 901. The van der Waals surface area contributed by atoms with E-state index in [-0.39, 0.29) is 10.7 Å². The van der Waals surface area contributed by atoms with Gasteiger partial charge < -0.3 is 10.1 Å². The topological polar surface area (TPSA) is 123 Å². The van der Waals surface area contributed by atoms with E-state index in [1.807, 2.05) is 0 Å². The minimum Gasteiger partial charge on any atom is -0.495 e. The minimum atomic E-state index is -0.651. The van der Waals surface area contributed by atoms with Crippen molar-refractivity contribution in [1.29, 1.82) is 0 Å². The number of hydrogen-bond donors (Lipinski definition) is 2. The van der Waals surface area contributed by atoms with E-state index in [9.17, 15) is 19.7 Å². The van der Waals surface area contributed by atoms with Gasteiger partial charge in [-0.25, -0.2) is 5.43 Å². The number of benzene rings is 2. The Morgan fingerprint density at radius 3 is 2.70 bits per heavy atom. The lowest BCUT2D eigenvalue weighted by Crippen LogP contribution is -2.24. The second kappa shape index (κ2) is 9.30. The van der Waals surface area contributed by atoms with Crippen LogP contribution in [0.25, 0.3) is 0 Å². The van der Waals surface area contributed by atoms with Gasteiger partial charge in [-0.1, -0.05) is 29.8 Å². The van der Waals surface area contributed by atoms with E-state index in [2.05, 4.69) is 15.8 Å². The quantitative estimate of drug-likeness (QED) is 0.325. The smallest absolute Gasteiger partial charge is 0.288 e. The number of nitrogens with one attached hydrogen (secondary N) is 2. The van der Waals surface area contributed by atoms with Gasteiger partial charge in [0.1, 0.15) is 17.2 Å². The molecule has 0 saturated carbocycles. The molecule has 0 aromatic heterocycles. The number of carbonyl (C=O) groups excluding carboxylic acids is 2. The molecule has 2 aromatic carbocycles. The van der Waals surface area contributed by atoms with Crippen LogP contribution in [0, 0.1) is 10.1 Å². The zero-order valence-electron chi connectivity index (χ0n) is 14.1. The van der Waals surface area contributed by atoms with Gasteiger partial charge in [0.2, 0.25) is 11.8 Å². The SMILES string of the molecule is COc1ccccc1NC(=O)CC(=O)NN=Cc1ccc(Cl)c([N+](=O)[O-])c1. The van der Waals surface area contributed by atoms with Crippen molar-refractivity contribution in [2.75, 3.05) is 12.4 Å². The Morgan fingerprint density at radius 2 is 2.00 bits per heavy atom. The van der Waals surface area contributed by atoms with Crippen molar-refractivity contribution in [3.8, 4) is 5.75 Å². The van der Waals surface area contributed by atoms with Crippen molar-refractivity contribution in [3.63, 3.8) is 0 Å². The number of para-hydroxylation sites is 2. The summed E-state index contributed by atoms with van der Waals surface area (Å²) >= 11 is 5.71. The summed E-state index contributed by atoms with van der Waals surface area (Å²) in [4.78, 5) is 33.9. The van der Waals surface area contributed by atoms with Gasteiger partial charge in [-0.3, -0.25) is 19.7 Å². The molecule has 0 heterocycles. The van der Waals surface area contributed by atoms with Gasteiger partial charge in [0.25, 0.3) is 5.69 Å². The number of methoxy groups -OCH3 is 1. The number of nitrogens with zero attached hydrogens (tertiary/aromatic N) is 2. The summed E-state index contributed by atoms with van der Waals surface area (Å²) < 4.78 is 5.10. The zero-order valence-corrected chi connectivity index (χ0v) is 14.9. The first-order valence-electron chi connectivity index (χ1n) is 7.59. The molecule has 0 saturated heterocycles. The summed E-state index contributed by atoms with van der Waals surface area (Å²) in [7, 11) is 1.47. The first kappa shape index (κ1) is 19.9. The Morgan fingerprint density at radius 1 is 1.26 bits per heavy atom. The Kier molecular flexibility index (Phi) is 6.84. The van der Waals surface area contributed by atoms with Crippen molar-refractivity contribution in [2.45, 2.75) is 6.42 Å². The first-order valence-corrected chi connectivity index (χ1v) is 7.97. The van der Waals surface area contributed by atoms with Gasteiger partial charge in [-0.15, -0.1) is 0 Å². The standard InChI is InChI=1S/C17H15ClN4O5/c1-27-15-5-3-2-4-13(15)20-16(23)9-17(24)21-19-10-11-6-7-12(18)14(8-11)22(25)26/h2-8,10H,9H2,1H3,(H,20,23)(H,21,24). The number of anilines is 1. The molecule has 0 fully saturated rings. The maximum atomic E-state index is 11.9. The molecule has 2 aromatic rings. The highest BCUT2D eigenvalue weighted by Crippen LogP contribution is 2.24. The molecule has 0 aliphatic carbocycles. The summed E-state index contributed by atoms with van der Waals surface area (Å²) in [5.74, 6) is -0.731. The van der Waals surface area contributed by atoms with Crippen molar-refractivity contribution >= 4 is 41.0 Å². The summed E-state index contributed by atoms with van der Waals surface area (Å²) in [6.45, 7) is 0. The highest BCUT2D eigenvalue weighted by molar-refractivity contribution is 6.32. The van der Waals surface area contributed by atoms with Crippen LogP contribution in [0.3, 0.4) is 0 Å². The van der Waals surface area contributed by atoms with Gasteiger partial charge in [0.15, 0.2) is 0 Å². The molecule has 140 valence electrons. The molecule has 10 heteroatoms. The Hall–Kier alpha value is -3.46. The maximum Gasteiger partial charge on any atom is 0.288 e. The fourth-order valence-corrected chi connectivity index (χ4v) is 2.24. The maximum absolute atomic E-state index is 11.9. The first-order chi connectivity index (χ1) is 12.9. The van der Waals surface area contributed by atoms with Gasteiger partial charge in [-0.05, 0) is 18.2 Å². The van der Waals surface area contributed by atoms with E-state index in [0.717, 1.165) is 0 Å². The van der Waals surface area contributed by atoms with Crippen LogP contribution in [-0.2, 0) is 9.59 Å². The third-order valence-electron chi connectivity index (χ3n) is 3.27. The molecule has 2 amide bonds. The number of nitro groups is 1. The normalized spacial score (nSPS) is 10.4. The van der Waals surface area contributed by atoms with E-state index in [4.69, 9.17) is 16.3 Å². The molecule has 9 nitrogen and oxygen atoms in total. The van der Waals surface area contributed by atoms with E-state index in [0.29, 0.717) is 17.0 Å². The van der Waals surface area contributed by atoms with Crippen LogP contribution < -0.4 is 15.5 Å². The third-order valence-corrected chi connectivity index (χ3v) is 3.59. The van der Waals surface area contributed by atoms with Crippen LogP contribution in [0.15, 0.2) is 47.6 Å². The largest absolute Gasteiger partial charge is 0.495 e. The molecular formula is C17H15ClN4O5. The molecule has 27 heavy (non-hydrogen) atoms. The number of halogens is 1. The highest BCUT2D eigenvalue weighted by atomic mass is 35.5. The summed E-state index contributed by atoms with van der Waals surface area (Å²) in [5.41, 5.74) is 2.71. The fraction of sp³-hybridized carbons (Fsp3) is 0.118. The van der Waals surface area contributed by atoms with Crippen LogP contribution in [0.1, 0.15) is 12.0 Å². The molecule has 2 rings (SSSR count). The van der Waals surface area contributed by atoms with Crippen LogP contribution in [-0.4, -0.2) is 30.1 Å². The number of amides is 2. The lowest BCUT2D eigenvalue weighted by Gasteiger charge is -2.09. The number of hydrogen-bond acceptors (Lipinski definition) is 6. The molecule has 0 atom stereocenters. The molecule has 0 unspecified atom stereocenters. The van der Waals surface area contributed by atoms with Gasteiger partial charge in [0, 0.05) is 11.6 Å². The van der Waals surface area contributed by atoms with Gasteiger partial charge in [0.05, 0.1) is 23.9 Å². The molecule has 0 radical (unpaired) electrons. The number of carbonyl (C=O) groups is 2. The zero-order chi connectivity index (χ0) is 19.8. The molecule has 2 N–H and O–H groups in total. The number of hydrazone groups is 1. The molecule has 0 aliphatic heterocycles. The average Bonchev–Trinajstić information content (AvgIpc) is 2.63. The second-order valence-electron chi connectivity index (χ2n) is 5.19. The Labute approximate surface area is 159 Å². The monoisotopic (exact) mass is 390 g/mol. The molecule has 0 bridgehead atoms. The second-order valence-corrected chi connectivity index (χ2v) is 5.59. The van der Waals surface area contributed by atoms with Crippen LogP contribution in [0.5, 0.6) is 5.75 Å². The number of nitro benzene ring substituents is 1. The summed E-state index contributed by atoms with van der Waals surface area (Å²) in [6, 6.07) is 10.8. The number of rotatable bonds is 7. The third kappa shape index (κ3) is 5.79. The van der Waals surface area contributed by atoms with E-state index in [1.165, 1.54) is 31.5 Å². The van der Waals surface area contributed by atoms with Gasteiger partial charge in [-0.2, -0.15) is 5.10 Å². The highest BCUT2D eigenvalue weighted by Gasteiger charge is 2.13. The lowest BCUT2D eigenvalue weighted by molar-refractivity contribution is -0.384. The molecular weight excluding hydrogens is 376 g/mol. The van der Waals surface area contributed by atoms with E-state index >= 15 is 0 Å². The van der Waals surface area contributed by atoms with Crippen LogP contribution >= 0.6 is 11.6 Å². The lowest BCUT2D eigenvalue weighted by atomic mass is 10.2. The predicted molar refractivity (Wildman–Crippen MR) is 100 cm³/mol. The van der Waals surface area contributed by atoms with Crippen LogP contribution in [0.2, 0.25) is 5.02 Å². The predicted octanol–water partition coefficient (Wildman–Crippen LogP) is 2.74. The van der Waals surface area contributed by atoms with Crippen molar-refractivity contribution < 1.29 is 19.2 Å². The summed E-state index contributed by atoms with van der Waals surface area (Å²) in [6.07, 6.45) is 0.746. The van der Waals surface area contributed by atoms with E-state index in [1.54, 1.807) is 24.3 Å². The molecule has 0 aliphatic rings. The summed E-state index contributed by atoms with van der Waals surface area (Å²) in [5, 5.41) is 17.1. The minimum absolute atomic E-state index is 0.00537. The van der Waals surface area contributed by atoms with Crippen molar-refractivity contribution in [1.82, 2.24) is 5.43 Å². The van der Waals surface area contributed by atoms with Crippen LogP contribution in [0.4, 0.5) is 11.4 Å². The molecule has 0 spiro atoms. The van der Waals surface area contributed by atoms with Gasteiger partial charge >= 0.3 is 0 Å². The van der Waals surface area contributed by atoms with Crippen molar-refractivity contribution in [2.24, 2.45) is 5.10 Å². The van der Waals surface area contributed by atoms with Crippen molar-refractivity contribution in [3.05, 3.63) is 63.2 Å². The average molecular weight is 391 g/mol. The fourth-order valence-electron chi connectivity index (χ4n) is 2.06. The number of ether oxygens (including phenoxy) is 1. The Balaban J connectivity index is 1.90. The van der Waals surface area contributed by atoms with E-state index < -0.39 is 23.2 Å².